The van der Waals surface area contributed by atoms with E-state index in [0.29, 0.717) is 27.1 Å². The molecule has 0 radical (unpaired) electrons. The van der Waals surface area contributed by atoms with Gasteiger partial charge in [0.05, 0.1) is 33.3 Å². The zero-order valence-corrected chi connectivity index (χ0v) is 22.8. The van der Waals surface area contributed by atoms with Gasteiger partial charge in [-0.25, -0.2) is 4.21 Å². The summed E-state index contributed by atoms with van der Waals surface area (Å²) in [7, 11) is -1.38. The average molecular weight is 517 g/mol. The summed E-state index contributed by atoms with van der Waals surface area (Å²) in [6.45, 7) is 6.77. The molecule has 37 heavy (non-hydrogen) atoms. The predicted octanol–water partition coefficient (Wildman–Crippen LogP) is 8.16. The van der Waals surface area contributed by atoms with E-state index in [0.717, 1.165) is 41.4 Å². The van der Waals surface area contributed by atoms with Crippen molar-refractivity contribution >= 4 is 21.5 Å². The normalized spacial score (nSPS) is 17.7. The Morgan fingerprint density at radius 2 is 1.54 bits per heavy atom. The van der Waals surface area contributed by atoms with Crippen molar-refractivity contribution in [2.45, 2.75) is 70.3 Å². The smallest absolute Gasteiger partial charge is 0.152 e. The van der Waals surface area contributed by atoms with Crippen LogP contribution in [0.2, 0.25) is 0 Å². The minimum atomic E-state index is -1.38. The Hall–Kier alpha value is -3.05. The highest BCUT2D eigenvalue weighted by molar-refractivity contribution is 7.95. The zero-order valence-electron chi connectivity index (χ0n) is 22.0. The van der Waals surface area contributed by atoms with E-state index < -0.39 is 10.8 Å². The molecule has 1 heterocycles. The summed E-state index contributed by atoms with van der Waals surface area (Å²) in [6, 6.07) is 21.6. The second-order valence-corrected chi connectivity index (χ2v) is 11.7. The van der Waals surface area contributed by atoms with Crippen molar-refractivity contribution in [3.63, 3.8) is 0 Å². The molecule has 2 aliphatic rings. The monoisotopic (exact) mass is 516 g/mol. The van der Waals surface area contributed by atoms with Crippen molar-refractivity contribution in [2.75, 3.05) is 6.61 Å². The zero-order chi connectivity index (χ0) is 25.8. The molecule has 1 unspecified atom stereocenters. The molecule has 0 spiro atoms. The van der Waals surface area contributed by atoms with E-state index in [-0.39, 0.29) is 6.10 Å². The van der Waals surface area contributed by atoms with Crippen LogP contribution >= 0.6 is 0 Å². The van der Waals surface area contributed by atoms with Crippen LogP contribution in [0.1, 0.15) is 69.1 Å². The topological polar surface area (TPSA) is 44.8 Å². The molecule has 1 saturated carbocycles. The van der Waals surface area contributed by atoms with Crippen molar-refractivity contribution in [1.29, 1.82) is 0 Å². The molecule has 1 aliphatic heterocycles. The molecule has 0 N–H and O–H groups in total. The maximum atomic E-state index is 13.7. The average Bonchev–Trinajstić information content (AvgIpc) is 3.16. The molecule has 5 heteroatoms. The summed E-state index contributed by atoms with van der Waals surface area (Å²) >= 11 is 0. The Morgan fingerprint density at radius 1 is 0.865 bits per heavy atom. The molecule has 5 rings (SSSR count). The molecule has 4 nitrogen and oxygen atoms in total. The van der Waals surface area contributed by atoms with Crippen LogP contribution in [0.15, 0.2) is 71.6 Å². The molecular formula is C32H36O4S. The van der Waals surface area contributed by atoms with Crippen LogP contribution in [0.25, 0.3) is 10.7 Å². The third-order valence-corrected chi connectivity index (χ3v) is 8.57. The fraction of sp³-hybridized carbons (Fsp3) is 0.375. The van der Waals surface area contributed by atoms with E-state index in [2.05, 4.69) is 0 Å². The standard InChI is InChI=1S/C32H36O4S/c1-22(2)35-28-17-18-29-30(21-28)37(33)32(25-11-9-23(3)10-12-25)31(29)36-27-15-13-26(14-16-27)34-20-19-24-7-5-4-6-8-24/h9-18,21-22,24H,4-8,19-20H2,1-3H3. The quantitative estimate of drug-likeness (QED) is 0.288. The molecular weight excluding hydrogens is 480 g/mol. The van der Waals surface area contributed by atoms with E-state index in [1.807, 2.05) is 87.5 Å². The SMILES string of the molecule is Cc1ccc(C2=C(Oc3ccc(OCCC4CCCCC4)cc3)c3ccc(OC(C)C)cc3S2=O)cc1. The largest absolute Gasteiger partial charge is 0.494 e. The van der Waals surface area contributed by atoms with Gasteiger partial charge in [0.15, 0.2) is 5.76 Å². The number of aryl methyl sites for hydroxylation is 1. The van der Waals surface area contributed by atoms with Crippen molar-refractivity contribution in [1.82, 2.24) is 0 Å². The van der Waals surface area contributed by atoms with Gasteiger partial charge in [-0.3, -0.25) is 0 Å². The first kappa shape index (κ1) is 25.6. The molecule has 3 aromatic rings. The molecule has 1 atom stereocenters. The van der Waals surface area contributed by atoms with E-state index >= 15 is 0 Å². The highest BCUT2D eigenvalue weighted by Gasteiger charge is 2.32. The first-order valence-electron chi connectivity index (χ1n) is 13.4. The van der Waals surface area contributed by atoms with Gasteiger partial charge in [-0.2, -0.15) is 0 Å². The summed E-state index contributed by atoms with van der Waals surface area (Å²) in [5, 5.41) is 0. The minimum absolute atomic E-state index is 0.0385. The van der Waals surface area contributed by atoms with Crippen LogP contribution in [0.5, 0.6) is 17.2 Å². The van der Waals surface area contributed by atoms with Gasteiger partial charge in [-0.15, -0.1) is 0 Å². The molecule has 0 aromatic heterocycles. The van der Waals surface area contributed by atoms with Gasteiger partial charge >= 0.3 is 0 Å². The Kier molecular flexibility index (Phi) is 7.99. The van der Waals surface area contributed by atoms with Crippen LogP contribution in [-0.4, -0.2) is 16.9 Å². The Labute approximate surface area is 223 Å². The van der Waals surface area contributed by atoms with Crippen LogP contribution in [0.3, 0.4) is 0 Å². The summed E-state index contributed by atoms with van der Waals surface area (Å²) in [5.74, 6) is 3.67. The Morgan fingerprint density at radius 3 is 2.24 bits per heavy atom. The van der Waals surface area contributed by atoms with E-state index in [9.17, 15) is 4.21 Å². The van der Waals surface area contributed by atoms with Gasteiger partial charge in [-0.05, 0) is 81.1 Å². The summed E-state index contributed by atoms with van der Waals surface area (Å²) < 4.78 is 32.1. The van der Waals surface area contributed by atoms with Crippen molar-refractivity contribution in [3.8, 4) is 17.2 Å². The lowest BCUT2D eigenvalue weighted by Gasteiger charge is -2.21. The van der Waals surface area contributed by atoms with E-state index in [1.54, 1.807) is 0 Å². The van der Waals surface area contributed by atoms with Crippen molar-refractivity contribution < 1.29 is 18.4 Å². The molecule has 0 amide bonds. The first-order chi connectivity index (χ1) is 18.0. The summed E-state index contributed by atoms with van der Waals surface area (Å²) in [6.07, 6.45) is 7.93. The fourth-order valence-electron chi connectivity index (χ4n) is 5.09. The second-order valence-electron chi connectivity index (χ2n) is 10.3. The molecule has 0 bridgehead atoms. The van der Waals surface area contributed by atoms with Gasteiger partial charge in [0.2, 0.25) is 0 Å². The van der Waals surface area contributed by atoms with Gasteiger partial charge in [0.25, 0.3) is 0 Å². The highest BCUT2D eigenvalue weighted by atomic mass is 32.2. The van der Waals surface area contributed by atoms with Crippen LogP contribution < -0.4 is 14.2 Å². The van der Waals surface area contributed by atoms with Crippen LogP contribution in [-0.2, 0) is 10.8 Å². The second kappa shape index (κ2) is 11.6. The Bertz CT molecular complexity index is 1270. The maximum Gasteiger partial charge on any atom is 0.152 e. The van der Waals surface area contributed by atoms with Crippen molar-refractivity contribution in [3.05, 3.63) is 83.4 Å². The lowest BCUT2D eigenvalue weighted by Crippen LogP contribution is -2.10. The predicted molar refractivity (Wildman–Crippen MR) is 150 cm³/mol. The minimum Gasteiger partial charge on any atom is -0.494 e. The fourth-order valence-corrected chi connectivity index (χ4v) is 6.56. The van der Waals surface area contributed by atoms with E-state index in [1.165, 1.54) is 32.1 Å². The van der Waals surface area contributed by atoms with Gasteiger partial charge in [0.1, 0.15) is 17.2 Å². The number of fused-ring (bicyclic) bond motifs is 1. The lowest BCUT2D eigenvalue weighted by atomic mass is 9.87. The van der Waals surface area contributed by atoms with Crippen molar-refractivity contribution in [2.24, 2.45) is 5.92 Å². The number of rotatable bonds is 9. The van der Waals surface area contributed by atoms with Gasteiger partial charge in [0, 0.05) is 5.56 Å². The maximum absolute atomic E-state index is 13.7. The summed E-state index contributed by atoms with van der Waals surface area (Å²) in [4.78, 5) is 1.40. The van der Waals surface area contributed by atoms with E-state index in [4.69, 9.17) is 14.2 Å². The Balaban J connectivity index is 1.37. The highest BCUT2D eigenvalue weighted by Crippen LogP contribution is 2.44. The third kappa shape index (κ3) is 6.10. The van der Waals surface area contributed by atoms with Gasteiger partial charge < -0.3 is 14.2 Å². The number of hydrogen-bond acceptors (Lipinski definition) is 4. The first-order valence-corrected chi connectivity index (χ1v) is 14.6. The molecule has 1 aliphatic carbocycles. The molecule has 0 saturated heterocycles. The number of ether oxygens (including phenoxy) is 3. The lowest BCUT2D eigenvalue weighted by molar-refractivity contribution is 0.242. The summed E-state index contributed by atoms with van der Waals surface area (Å²) in [5.41, 5.74) is 2.88. The molecule has 194 valence electrons. The number of hydrogen-bond donors (Lipinski definition) is 0. The third-order valence-electron chi connectivity index (χ3n) is 7.04. The number of benzene rings is 3. The van der Waals surface area contributed by atoms with Crippen LogP contribution in [0, 0.1) is 12.8 Å². The van der Waals surface area contributed by atoms with Crippen LogP contribution in [0.4, 0.5) is 0 Å². The van der Waals surface area contributed by atoms with Gasteiger partial charge in [-0.1, -0.05) is 61.9 Å². The molecule has 1 fully saturated rings. The molecule has 3 aromatic carbocycles.